The van der Waals surface area contributed by atoms with E-state index < -0.39 is 21.7 Å². The fraction of sp³-hybridized carbons (Fsp3) is 0.471. The molecule has 1 amide bonds. The minimum atomic E-state index is -0.717. The standard InChI is InChI=1S/C17H18N2O6S/c1-17(2)13(18-14(21)12(7-8-20)15(18)26-17)16(22)25-9-10-3-5-11(6-4-10)19(23)24/h3-6,8,12-13,15H,7,9H2,1-2H3/t12-,13+,15-/m1/s1. The Kier molecular flexibility index (Phi) is 4.74. The Morgan fingerprint density at radius 1 is 1.38 bits per heavy atom. The molecule has 3 rings (SSSR count). The maximum Gasteiger partial charge on any atom is 0.330 e. The second-order valence-electron chi connectivity index (χ2n) is 6.80. The molecule has 0 bridgehead atoms. The number of thioether (sulfide) groups is 1. The number of β-lactam (4-membered cyclic amide) rings is 1. The number of nitro groups is 1. The SMILES string of the molecule is CC1(C)S[C@@H]2[C@H](CC=O)C(=O)N2[C@H]1C(=O)OCc1ccc([N+](=O)[O-])cc1. The van der Waals surface area contributed by atoms with E-state index in [-0.39, 0.29) is 35.9 Å². The highest BCUT2D eigenvalue weighted by atomic mass is 32.2. The number of benzene rings is 1. The molecule has 0 saturated carbocycles. The summed E-state index contributed by atoms with van der Waals surface area (Å²) in [6, 6.07) is 5.02. The zero-order valence-corrected chi connectivity index (χ0v) is 15.1. The lowest BCUT2D eigenvalue weighted by atomic mass is 9.90. The van der Waals surface area contributed by atoms with Gasteiger partial charge in [-0.1, -0.05) is 0 Å². The van der Waals surface area contributed by atoms with Gasteiger partial charge in [-0.05, 0) is 31.5 Å². The Balaban J connectivity index is 1.66. The molecule has 0 unspecified atom stereocenters. The average molecular weight is 378 g/mol. The predicted molar refractivity (Wildman–Crippen MR) is 93.2 cm³/mol. The van der Waals surface area contributed by atoms with Crippen LogP contribution in [0.5, 0.6) is 0 Å². The molecule has 2 fully saturated rings. The Hall–Kier alpha value is -2.42. The van der Waals surface area contributed by atoms with E-state index in [1.54, 1.807) is 0 Å². The summed E-state index contributed by atoms with van der Waals surface area (Å²) in [6.07, 6.45) is 0.890. The molecule has 8 nitrogen and oxygen atoms in total. The van der Waals surface area contributed by atoms with Gasteiger partial charge in [0.2, 0.25) is 5.91 Å². The highest BCUT2D eigenvalue weighted by molar-refractivity contribution is 8.01. The molecule has 0 spiro atoms. The van der Waals surface area contributed by atoms with Gasteiger partial charge in [-0.3, -0.25) is 14.9 Å². The van der Waals surface area contributed by atoms with E-state index in [0.717, 1.165) is 6.29 Å². The molecule has 2 aliphatic heterocycles. The number of rotatable bonds is 6. The number of fused-ring (bicyclic) bond motifs is 1. The van der Waals surface area contributed by atoms with E-state index in [9.17, 15) is 24.5 Å². The number of carbonyl (C=O) groups excluding carboxylic acids is 3. The molecule has 2 aliphatic rings. The van der Waals surface area contributed by atoms with Gasteiger partial charge in [0.15, 0.2) is 0 Å². The third-order valence-electron chi connectivity index (χ3n) is 4.65. The molecule has 138 valence electrons. The highest BCUT2D eigenvalue weighted by Crippen LogP contribution is 2.54. The lowest BCUT2D eigenvalue weighted by Crippen LogP contribution is -2.62. The van der Waals surface area contributed by atoms with Crippen LogP contribution in [0, 0.1) is 16.0 Å². The summed E-state index contributed by atoms with van der Waals surface area (Å²) < 4.78 is 4.84. The van der Waals surface area contributed by atoms with Gasteiger partial charge < -0.3 is 14.4 Å². The number of amides is 1. The van der Waals surface area contributed by atoms with Crippen LogP contribution >= 0.6 is 11.8 Å². The minimum absolute atomic E-state index is 0.0292. The second kappa shape index (κ2) is 6.71. The zero-order valence-electron chi connectivity index (χ0n) is 14.3. The number of esters is 1. The van der Waals surface area contributed by atoms with Gasteiger partial charge in [-0.15, -0.1) is 11.8 Å². The largest absolute Gasteiger partial charge is 0.459 e. The Morgan fingerprint density at radius 3 is 2.62 bits per heavy atom. The molecular formula is C17H18N2O6S. The minimum Gasteiger partial charge on any atom is -0.459 e. The van der Waals surface area contributed by atoms with Crippen LogP contribution in [0.1, 0.15) is 25.8 Å². The van der Waals surface area contributed by atoms with E-state index in [2.05, 4.69) is 0 Å². The normalized spacial score (nSPS) is 26.0. The van der Waals surface area contributed by atoms with Crippen LogP contribution in [0.15, 0.2) is 24.3 Å². The van der Waals surface area contributed by atoms with Crippen molar-refractivity contribution in [1.82, 2.24) is 4.90 Å². The van der Waals surface area contributed by atoms with Gasteiger partial charge in [0.05, 0.1) is 16.2 Å². The van der Waals surface area contributed by atoms with Crippen LogP contribution in [0.4, 0.5) is 5.69 Å². The molecule has 0 aliphatic carbocycles. The Bertz CT molecular complexity index is 763. The summed E-state index contributed by atoms with van der Waals surface area (Å²) in [5, 5.41) is 10.5. The molecule has 1 aromatic rings. The lowest BCUT2D eigenvalue weighted by molar-refractivity contribution is -0.384. The van der Waals surface area contributed by atoms with E-state index in [1.165, 1.54) is 40.9 Å². The highest BCUT2D eigenvalue weighted by Gasteiger charge is 2.63. The van der Waals surface area contributed by atoms with Gasteiger partial charge in [-0.2, -0.15) is 0 Å². The molecule has 0 aromatic heterocycles. The van der Waals surface area contributed by atoms with Crippen molar-refractivity contribution in [2.45, 2.75) is 43.0 Å². The molecule has 1 aromatic carbocycles. The first-order valence-electron chi connectivity index (χ1n) is 8.10. The van der Waals surface area contributed by atoms with Gasteiger partial charge >= 0.3 is 5.97 Å². The number of hydrogen-bond acceptors (Lipinski definition) is 7. The topological polar surface area (TPSA) is 107 Å². The first-order chi connectivity index (χ1) is 12.3. The number of nitro benzene ring substituents is 1. The smallest absolute Gasteiger partial charge is 0.330 e. The number of aldehydes is 1. The summed E-state index contributed by atoms with van der Waals surface area (Å²) in [5.74, 6) is -1.08. The Labute approximate surface area is 154 Å². The third-order valence-corrected chi connectivity index (χ3v) is 6.28. The van der Waals surface area contributed by atoms with E-state index in [0.29, 0.717) is 5.56 Å². The van der Waals surface area contributed by atoms with Crippen molar-refractivity contribution in [3.63, 3.8) is 0 Å². The summed E-state index contributed by atoms with van der Waals surface area (Å²) >= 11 is 1.50. The molecule has 2 heterocycles. The average Bonchev–Trinajstić information content (AvgIpc) is 2.86. The summed E-state index contributed by atoms with van der Waals surface area (Å²) in [6.45, 7) is 3.72. The van der Waals surface area contributed by atoms with Crippen LogP contribution in [-0.4, -0.2) is 44.1 Å². The first kappa shape index (κ1) is 18.4. The summed E-state index contributed by atoms with van der Waals surface area (Å²) in [4.78, 5) is 47.3. The Morgan fingerprint density at radius 2 is 2.04 bits per heavy atom. The van der Waals surface area contributed by atoms with Crippen LogP contribution in [0.25, 0.3) is 0 Å². The summed E-state index contributed by atoms with van der Waals surface area (Å²) in [7, 11) is 0. The van der Waals surface area contributed by atoms with Crippen molar-refractivity contribution in [2.75, 3.05) is 0 Å². The van der Waals surface area contributed by atoms with E-state index in [4.69, 9.17) is 4.74 Å². The van der Waals surface area contributed by atoms with E-state index >= 15 is 0 Å². The first-order valence-corrected chi connectivity index (χ1v) is 8.98. The number of nitrogens with zero attached hydrogens (tertiary/aromatic N) is 2. The fourth-order valence-electron chi connectivity index (χ4n) is 3.34. The van der Waals surface area contributed by atoms with Gasteiger partial charge in [0, 0.05) is 23.3 Å². The van der Waals surface area contributed by atoms with Crippen molar-refractivity contribution in [1.29, 1.82) is 0 Å². The van der Waals surface area contributed by atoms with Crippen molar-refractivity contribution >= 4 is 35.6 Å². The number of carbonyl (C=O) groups is 3. The number of hydrogen-bond donors (Lipinski definition) is 0. The maximum atomic E-state index is 12.6. The maximum absolute atomic E-state index is 12.6. The predicted octanol–water partition coefficient (Wildman–Crippen LogP) is 1.91. The van der Waals surface area contributed by atoms with Crippen LogP contribution in [0.2, 0.25) is 0 Å². The van der Waals surface area contributed by atoms with Crippen LogP contribution < -0.4 is 0 Å². The van der Waals surface area contributed by atoms with Gasteiger partial charge in [0.1, 0.15) is 18.9 Å². The summed E-state index contributed by atoms with van der Waals surface area (Å²) in [5.41, 5.74) is 0.585. The number of non-ortho nitro benzene ring substituents is 1. The monoisotopic (exact) mass is 378 g/mol. The number of ether oxygens (including phenoxy) is 1. The van der Waals surface area contributed by atoms with Crippen molar-refractivity contribution in [3.8, 4) is 0 Å². The third kappa shape index (κ3) is 3.07. The van der Waals surface area contributed by atoms with E-state index in [1.807, 2.05) is 13.8 Å². The zero-order chi connectivity index (χ0) is 19.1. The van der Waals surface area contributed by atoms with Crippen LogP contribution in [-0.2, 0) is 25.7 Å². The quantitative estimate of drug-likeness (QED) is 0.245. The molecule has 3 atom stereocenters. The lowest BCUT2D eigenvalue weighted by Gasteiger charge is -2.43. The molecule has 26 heavy (non-hydrogen) atoms. The molecule has 9 heteroatoms. The van der Waals surface area contributed by atoms with Crippen molar-refractivity contribution in [2.24, 2.45) is 5.92 Å². The molecule has 0 radical (unpaired) electrons. The molecular weight excluding hydrogens is 360 g/mol. The van der Waals surface area contributed by atoms with Crippen molar-refractivity contribution in [3.05, 3.63) is 39.9 Å². The van der Waals surface area contributed by atoms with Gasteiger partial charge in [0.25, 0.3) is 5.69 Å². The van der Waals surface area contributed by atoms with Crippen molar-refractivity contribution < 1.29 is 24.0 Å². The second-order valence-corrected chi connectivity index (χ2v) is 8.57. The fourth-order valence-corrected chi connectivity index (χ4v) is 5.03. The van der Waals surface area contributed by atoms with Crippen LogP contribution in [0.3, 0.4) is 0 Å². The van der Waals surface area contributed by atoms with Gasteiger partial charge in [-0.25, -0.2) is 4.79 Å². The molecule has 0 N–H and O–H groups in total. The molecule has 2 saturated heterocycles.